The maximum atomic E-state index is 13.7. The number of amides is 1. The molecule has 0 unspecified atom stereocenters. The van der Waals surface area contributed by atoms with Crippen LogP contribution in [0.1, 0.15) is 25.9 Å². The maximum absolute atomic E-state index is 13.7. The van der Waals surface area contributed by atoms with Gasteiger partial charge in [-0.2, -0.15) is 0 Å². The van der Waals surface area contributed by atoms with Gasteiger partial charge in [0.2, 0.25) is 0 Å². The van der Waals surface area contributed by atoms with E-state index in [0.29, 0.717) is 26.9 Å². The fourth-order valence-electron chi connectivity index (χ4n) is 2.48. The van der Waals surface area contributed by atoms with Crippen LogP contribution in [-0.4, -0.2) is 18.0 Å². The number of nitrogens with one attached hydrogen (secondary N) is 1. The number of benzene rings is 2. The highest BCUT2D eigenvalue weighted by atomic mass is 32.1. The van der Waals surface area contributed by atoms with Gasteiger partial charge < -0.3 is 14.8 Å². The number of rotatable bonds is 7. The van der Waals surface area contributed by atoms with Crippen molar-refractivity contribution in [2.75, 3.05) is 7.11 Å². The maximum Gasteiger partial charge on any atom is 0.263 e. The quantitative estimate of drug-likeness (QED) is 0.640. The molecule has 0 aliphatic rings. The monoisotopic (exact) mass is 404 g/mol. The number of carbonyl (C=O) groups excluding carboxylic acids is 1. The molecule has 5 nitrogen and oxygen atoms in total. The molecule has 0 radical (unpaired) electrons. The Hall–Kier alpha value is -3.00. The zero-order valence-corrected chi connectivity index (χ0v) is 16.1. The Bertz CT molecular complexity index is 974. The molecular weight excluding hydrogens is 386 g/mol. The van der Waals surface area contributed by atoms with Gasteiger partial charge in [0.15, 0.2) is 11.6 Å². The Morgan fingerprint density at radius 2 is 1.93 bits per heavy atom. The number of aromatic nitrogens is 1. The van der Waals surface area contributed by atoms with Crippen molar-refractivity contribution >= 4 is 17.2 Å². The summed E-state index contributed by atoms with van der Waals surface area (Å²) in [6.07, 6.45) is 0. The van der Waals surface area contributed by atoms with E-state index in [1.807, 2.05) is 0 Å². The van der Waals surface area contributed by atoms with Crippen LogP contribution in [-0.2, 0) is 13.2 Å². The second kappa shape index (κ2) is 8.79. The van der Waals surface area contributed by atoms with Crippen molar-refractivity contribution < 1.29 is 23.0 Å². The summed E-state index contributed by atoms with van der Waals surface area (Å²) in [5, 5.41) is 3.38. The zero-order valence-electron chi connectivity index (χ0n) is 15.3. The first-order valence-corrected chi connectivity index (χ1v) is 9.23. The molecule has 28 heavy (non-hydrogen) atoms. The van der Waals surface area contributed by atoms with Crippen molar-refractivity contribution in [1.82, 2.24) is 10.3 Å². The highest BCUT2D eigenvalue weighted by Crippen LogP contribution is 2.21. The third-order valence-electron chi connectivity index (χ3n) is 3.89. The average Bonchev–Trinajstić information content (AvgIpc) is 3.06. The molecule has 0 spiro atoms. The fourth-order valence-corrected chi connectivity index (χ4v) is 3.38. The molecule has 146 valence electrons. The Kier molecular flexibility index (Phi) is 6.20. The third-order valence-corrected chi connectivity index (χ3v) is 5.02. The third kappa shape index (κ3) is 4.83. The molecule has 0 atom stereocenters. The summed E-state index contributed by atoms with van der Waals surface area (Å²) in [7, 11) is 1.39. The van der Waals surface area contributed by atoms with E-state index in [9.17, 15) is 13.6 Å². The smallest absolute Gasteiger partial charge is 0.263 e. The van der Waals surface area contributed by atoms with Crippen molar-refractivity contribution in [3.05, 3.63) is 75.2 Å². The van der Waals surface area contributed by atoms with Crippen LogP contribution in [0.5, 0.6) is 11.5 Å². The van der Waals surface area contributed by atoms with Crippen molar-refractivity contribution in [1.29, 1.82) is 0 Å². The van der Waals surface area contributed by atoms with Gasteiger partial charge in [-0.15, -0.1) is 11.3 Å². The minimum Gasteiger partial charge on any atom is -0.494 e. The highest BCUT2D eigenvalue weighted by Gasteiger charge is 2.16. The van der Waals surface area contributed by atoms with Crippen LogP contribution in [0.3, 0.4) is 0 Å². The van der Waals surface area contributed by atoms with Gasteiger partial charge >= 0.3 is 0 Å². The van der Waals surface area contributed by atoms with E-state index >= 15 is 0 Å². The lowest BCUT2D eigenvalue weighted by Gasteiger charge is -2.07. The lowest BCUT2D eigenvalue weighted by molar-refractivity contribution is 0.0954. The van der Waals surface area contributed by atoms with E-state index in [2.05, 4.69) is 10.3 Å². The minimum atomic E-state index is -0.483. The number of nitrogens with zero attached hydrogens (tertiary/aromatic N) is 1. The van der Waals surface area contributed by atoms with Crippen molar-refractivity contribution in [3.8, 4) is 11.5 Å². The number of hydrogen-bond acceptors (Lipinski definition) is 5. The number of carbonyl (C=O) groups is 1. The first kappa shape index (κ1) is 19.8. The molecule has 8 heteroatoms. The van der Waals surface area contributed by atoms with E-state index in [0.717, 1.165) is 0 Å². The van der Waals surface area contributed by atoms with Gasteiger partial charge in [-0.1, -0.05) is 6.07 Å². The normalized spacial score (nSPS) is 10.6. The molecule has 0 saturated carbocycles. The van der Waals surface area contributed by atoms with Crippen LogP contribution in [0.4, 0.5) is 8.78 Å². The van der Waals surface area contributed by atoms with Crippen LogP contribution in [0, 0.1) is 18.6 Å². The van der Waals surface area contributed by atoms with Crippen LogP contribution >= 0.6 is 11.3 Å². The Balaban J connectivity index is 1.59. The van der Waals surface area contributed by atoms with E-state index < -0.39 is 5.82 Å². The van der Waals surface area contributed by atoms with Gasteiger partial charge in [-0.05, 0) is 48.9 Å². The Morgan fingerprint density at radius 3 is 2.61 bits per heavy atom. The first-order valence-electron chi connectivity index (χ1n) is 8.41. The molecule has 1 N–H and O–H groups in total. The number of methoxy groups -OCH3 is 1. The predicted octanol–water partition coefficient (Wildman–Crippen LogP) is 4.25. The van der Waals surface area contributed by atoms with Gasteiger partial charge in [0.25, 0.3) is 5.91 Å². The molecule has 0 aliphatic heterocycles. The standard InChI is InChI=1S/C20H18F2N2O3S/c1-12-19(20(25)23-10-13-3-8-17(26-2)16(22)9-13)28-18(24-12)11-27-15-6-4-14(21)5-7-15/h3-9H,10-11H2,1-2H3,(H,23,25). The summed E-state index contributed by atoms with van der Waals surface area (Å²) in [5.74, 6) is -0.447. The average molecular weight is 404 g/mol. The largest absolute Gasteiger partial charge is 0.494 e. The van der Waals surface area contributed by atoms with Crippen LogP contribution in [0.25, 0.3) is 0 Å². The zero-order chi connectivity index (χ0) is 20.1. The lowest BCUT2D eigenvalue weighted by Crippen LogP contribution is -2.22. The Labute approximate surface area is 164 Å². The highest BCUT2D eigenvalue weighted by molar-refractivity contribution is 7.13. The number of thiazole rings is 1. The molecule has 1 aromatic heterocycles. The van der Waals surface area contributed by atoms with Crippen molar-refractivity contribution in [2.24, 2.45) is 0 Å². The van der Waals surface area contributed by atoms with Gasteiger partial charge in [-0.25, -0.2) is 13.8 Å². The van der Waals surface area contributed by atoms with Crippen molar-refractivity contribution in [3.63, 3.8) is 0 Å². The van der Waals surface area contributed by atoms with E-state index in [4.69, 9.17) is 9.47 Å². The molecule has 0 saturated heterocycles. The number of hydrogen-bond donors (Lipinski definition) is 1. The van der Waals surface area contributed by atoms with Crippen LogP contribution in [0.15, 0.2) is 42.5 Å². The van der Waals surface area contributed by atoms with Gasteiger partial charge in [-0.3, -0.25) is 4.79 Å². The van der Waals surface area contributed by atoms with Crippen LogP contribution < -0.4 is 14.8 Å². The SMILES string of the molecule is COc1ccc(CNC(=O)c2sc(COc3ccc(F)cc3)nc2C)cc1F. The molecule has 2 aromatic carbocycles. The minimum absolute atomic E-state index is 0.152. The summed E-state index contributed by atoms with van der Waals surface area (Å²) in [4.78, 5) is 17.2. The lowest BCUT2D eigenvalue weighted by atomic mass is 10.2. The molecular formula is C20H18F2N2O3S. The van der Waals surface area contributed by atoms with Crippen LogP contribution in [0.2, 0.25) is 0 Å². The Morgan fingerprint density at radius 1 is 1.18 bits per heavy atom. The van der Waals surface area contributed by atoms with Gasteiger partial charge in [0, 0.05) is 6.54 Å². The fraction of sp³-hybridized carbons (Fsp3) is 0.200. The second-order valence-corrected chi connectivity index (χ2v) is 7.00. The summed E-state index contributed by atoms with van der Waals surface area (Å²) < 4.78 is 37.1. The number of aryl methyl sites for hydroxylation is 1. The molecule has 0 aliphatic carbocycles. The summed E-state index contributed by atoms with van der Waals surface area (Å²) in [6.45, 7) is 2.09. The van der Waals surface area contributed by atoms with E-state index in [1.54, 1.807) is 13.0 Å². The molecule has 3 rings (SSSR count). The molecule has 0 fully saturated rings. The molecule has 1 amide bonds. The topological polar surface area (TPSA) is 60.5 Å². The first-order chi connectivity index (χ1) is 13.5. The molecule has 1 heterocycles. The number of ether oxygens (including phenoxy) is 2. The van der Waals surface area contributed by atoms with Gasteiger partial charge in [0.1, 0.15) is 28.1 Å². The molecule has 3 aromatic rings. The second-order valence-electron chi connectivity index (χ2n) is 5.92. The van der Waals surface area contributed by atoms with E-state index in [-0.39, 0.29) is 30.6 Å². The van der Waals surface area contributed by atoms with Gasteiger partial charge in [0.05, 0.1) is 12.8 Å². The summed E-state index contributed by atoms with van der Waals surface area (Å²) >= 11 is 1.22. The predicted molar refractivity (Wildman–Crippen MR) is 102 cm³/mol. The van der Waals surface area contributed by atoms with Crippen molar-refractivity contribution in [2.45, 2.75) is 20.1 Å². The summed E-state index contributed by atoms with van der Waals surface area (Å²) in [6, 6.07) is 10.2. The summed E-state index contributed by atoms with van der Waals surface area (Å²) in [5.41, 5.74) is 1.20. The number of halogens is 2. The van der Waals surface area contributed by atoms with E-state index in [1.165, 1.54) is 54.8 Å². The molecule has 0 bridgehead atoms.